The highest BCUT2D eigenvalue weighted by Gasteiger charge is 2.27. The number of fused-ring (bicyclic) bond motifs is 1. The fourth-order valence-corrected chi connectivity index (χ4v) is 2.45. The molecule has 3 heterocycles. The van der Waals surface area contributed by atoms with E-state index >= 15 is 0 Å². The van der Waals surface area contributed by atoms with Crippen molar-refractivity contribution in [2.45, 2.75) is 32.1 Å². The van der Waals surface area contributed by atoms with Crippen molar-refractivity contribution in [3.63, 3.8) is 0 Å². The van der Waals surface area contributed by atoms with Gasteiger partial charge in [0, 0.05) is 19.2 Å². The van der Waals surface area contributed by atoms with Crippen molar-refractivity contribution in [1.29, 1.82) is 0 Å². The Morgan fingerprint density at radius 2 is 1.97 bits per heavy atom. The third-order valence-electron chi connectivity index (χ3n) is 3.88. The van der Waals surface area contributed by atoms with Crippen LogP contribution in [0.3, 0.4) is 0 Å². The van der Waals surface area contributed by atoms with Gasteiger partial charge in [0.05, 0.1) is 31.1 Å². The summed E-state index contributed by atoms with van der Waals surface area (Å²) in [6, 6.07) is 6.66. The van der Waals surface area contributed by atoms with Gasteiger partial charge in [-0.3, -0.25) is 14.6 Å². The van der Waals surface area contributed by atoms with Gasteiger partial charge in [-0.15, -0.1) is 0 Å². The van der Waals surface area contributed by atoms with Crippen LogP contribution in [0.1, 0.15) is 34.6 Å². The second kappa shape index (κ2) is 8.67. The Balaban J connectivity index is 1.55. The lowest BCUT2D eigenvalue weighted by molar-refractivity contribution is -0.144. The molecule has 3 aromatic rings. The number of alkyl halides is 3. The molecular weight excluding hydrogens is 389 g/mol. The highest BCUT2D eigenvalue weighted by molar-refractivity contribution is 5.92. The average Bonchev–Trinajstić information content (AvgIpc) is 3.11. The molecule has 8 nitrogen and oxygen atoms in total. The number of amides is 2. The summed E-state index contributed by atoms with van der Waals surface area (Å²) in [6.07, 6.45) is -1.51. The van der Waals surface area contributed by atoms with Crippen molar-refractivity contribution >= 4 is 17.5 Å². The molecule has 0 bridgehead atoms. The Morgan fingerprint density at radius 3 is 2.69 bits per heavy atom. The second-order valence-electron chi connectivity index (χ2n) is 6.19. The van der Waals surface area contributed by atoms with Gasteiger partial charge < -0.3 is 10.6 Å². The number of carbonyl (C=O) groups excluding carboxylic acids is 2. The van der Waals surface area contributed by atoms with Crippen LogP contribution in [0, 0.1) is 0 Å². The zero-order valence-corrected chi connectivity index (χ0v) is 15.1. The van der Waals surface area contributed by atoms with E-state index in [2.05, 4.69) is 25.7 Å². The van der Waals surface area contributed by atoms with Crippen LogP contribution >= 0.6 is 0 Å². The van der Waals surface area contributed by atoms with Crippen molar-refractivity contribution in [2.75, 3.05) is 0 Å². The lowest BCUT2D eigenvalue weighted by Crippen LogP contribution is -2.24. The minimum Gasteiger partial charge on any atom is -0.352 e. The first-order valence-electron chi connectivity index (χ1n) is 8.66. The summed E-state index contributed by atoms with van der Waals surface area (Å²) in [5.74, 6) is -1.03. The fourth-order valence-electron chi connectivity index (χ4n) is 2.45. The molecule has 3 rings (SSSR count). The molecule has 0 aliphatic carbocycles. The van der Waals surface area contributed by atoms with Crippen molar-refractivity contribution in [1.82, 2.24) is 30.2 Å². The topological polar surface area (TPSA) is 101 Å². The number of rotatable bonds is 7. The normalized spacial score (nSPS) is 11.4. The van der Waals surface area contributed by atoms with E-state index in [9.17, 15) is 22.8 Å². The second-order valence-corrected chi connectivity index (χ2v) is 6.19. The number of nitrogens with one attached hydrogen (secondary N) is 2. The summed E-state index contributed by atoms with van der Waals surface area (Å²) in [4.78, 5) is 31.8. The maximum absolute atomic E-state index is 12.1. The molecule has 29 heavy (non-hydrogen) atoms. The van der Waals surface area contributed by atoms with Crippen LogP contribution in [-0.4, -0.2) is 37.6 Å². The molecule has 2 N–H and O–H groups in total. The molecule has 11 heteroatoms. The van der Waals surface area contributed by atoms with Gasteiger partial charge in [-0.1, -0.05) is 6.07 Å². The monoisotopic (exact) mass is 406 g/mol. The summed E-state index contributed by atoms with van der Waals surface area (Å²) >= 11 is 0. The minimum absolute atomic E-state index is 0.0405. The Hall–Kier alpha value is -3.50. The largest absolute Gasteiger partial charge is 0.389 e. The van der Waals surface area contributed by atoms with Gasteiger partial charge in [-0.05, 0) is 23.8 Å². The maximum atomic E-state index is 12.1. The molecule has 0 aromatic carbocycles. The Labute approximate surface area is 163 Å². The molecule has 0 spiro atoms. The van der Waals surface area contributed by atoms with E-state index in [4.69, 9.17) is 0 Å². The van der Waals surface area contributed by atoms with Gasteiger partial charge >= 0.3 is 6.18 Å². The number of pyridine rings is 1. The lowest BCUT2D eigenvalue weighted by atomic mass is 10.2. The number of hydrogen-bond donors (Lipinski definition) is 2. The maximum Gasteiger partial charge on any atom is 0.389 e. The van der Waals surface area contributed by atoms with Crippen molar-refractivity contribution in [3.05, 3.63) is 59.8 Å². The van der Waals surface area contributed by atoms with Crippen LogP contribution in [0.4, 0.5) is 13.2 Å². The van der Waals surface area contributed by atoms with Crippen molar-refractivity contribution in [2.24, 2.45) is 0 Å². The molecule has 152 valence electrons. The van der Waals surface area contributed by atoms with E-state index in [0.29, 0.717) is 16.9 Å². The number of hydrogen-bond acceptors (Lipinski definition) is 5. The average molecular weight is 406 g/mol. The Morgan fingerprint density at radius 1 is 1.14 bits per heavy atom. The zero-order valence-electron chi connectivity index (χ0n) is 15.1. The van der Waals surface area contributed by atoms with Crippen LogP contribution in [0.15, 0.2) is 42.9 Å². The molecular formula is C18H17F3N6O2. The first kappa shape index (κ1) is 20.2. The minimum atomic E-state index is -4.37. The number of carbonyl (C=O) groups is 2. The molecule has 3 aromatic heterocycles. The smallest absolute Gasteiger partial charge is 0.352 e. The highest BCUT2D eigenvalue weighted by Crippen LogP contribution is 2.21. The Bertz CT molecular complexity index is 1000. The van der Waals surface area contributed by atoms with Crippen LogP contribution in [0.2, 0.25) is 0 Å². The molecule has 0 aliphatic rings. The van der Waals surface area contributed by atoms with Gasteiger partial charge in [-0.25, -0.2) is 9.50 Å². The third-order valence-corrected chi connectivity index (χ3v) is 3.88. The molecule has 0 unspecified atom stereocenters. The lowest BCUT2D eigenvalue weighted by Gasteiger charge is -2.07. The molecule has 2 amide bonds. The molecule has 0 fully saturated rings. The van der Waals surface area contributed by atoms with Crippen molar-refractivity contribution < 1.29 is 22.8 Å². The summed E-state index contributed by atoms with van der Waals surface area (Å²) in [5, 5.41) is 9.27. The fraction of sp³-hybridized carbons (Fsp3) is 0.278. The number of imidazole rings is 1. The van der Waals surface area contributed by atoms with Gasteiger partial charge in [0.2, 0.25) is 5.91 Å². The van der Waals surface area contributed by atoms with Crippen molar-refractivity contribution in [3.8, 4) is 0 Å². The molecule has 0 saturated heterocycles. The summed E-state index contributed by atoms with van der Waals surface area (Å²) in [7, 11) is 0. The highest BCUT2D eigenvalue weighted by atomic mass is 19.4. The Kier molecular flexibility index (Phi) is 6.05. The molecule has 0 aliphatic heterocycles. The standard InChI is InChI=1S/C18H17F3N6O2/c19-18(20,21)5-4-16(28)23-8-12-7-15-26-13(11-27(15)25-9-12)10-24-17(29)14-3-1-2-6-22-14/h1-3,6-7,9,11H,4-5,8,10H2,(H,23,28)(H,24,29). The van der Waals surface area contributed by atoms with Gasteiger partial charge in [0.15, 0.2) is 5.65 Å². The number of nitrogens with zero attached hydrogens (tertiary/aromatic N) is 4. The van der Waals surface area contributed by atoms with E-state index in [1.165, 1.54) is 16.9 Å². The number of aromatic nitrogens is 4. The summed E-state index contributed by atoms with van der Waals surface area (Å²) in [5.41, 5.74) is 1.92. The van der Waals surface area contributed by atoms with Crippen LogP contribution < -0.4 is 10.6 Å². The SMILES string of the molecule is O=C(CCC(F)(F)F)NCc1cnn2cc(CNC(=O)c3ccccn3)nc2c1. The van der Waals surface area contributed by atoms with Gasteiger partial charge in [0.25, 0.3) is 5.91 Å². The van der Waals surface area contributed by atoms with Gasteiger partial charge in [-0.2, -0.15) is 18.3 Å². The molecule has 0 saturated carbocycles. The van der Waals surface area contributed by atoms with Crippen LogP contribution in [-0.2, 0) is 17.9 Å². The van der Waals surface area contributed by atoms with Crippen LogP contribution in [0.5, 0.6) is 0 Å². The van der Waals surface area contributed by atoms with E-state index < -0.39 is 24.9 Å². The van der Waals surface area contributed by atoms with E-state index in [0.717, 1.165) is 0 Å². The summed E-state index contributed by atoms with van der Waals surface area (Å²) < 4.78 is 37.9. The quantitative estimate of drug-likeness (QED) is 0.625. The van der Waals surface area contributed by atoms with E-state index in [1.807, 2.05) is 0 Å². The number of halogens is 3. The molecule has 0 atom stereocenters. The van der Waals surface area contributed by atoms with E-state index in [-0.39, 0.29) is 24.7 Å². The third kappa shape index (κ3) is 5.99. The van der Waals surface area contributed by atoms with E-state index in [1.54, 1.807) is 30.5 Å². The first-order chi connectivity index (χ1) is 13.8. The zero-order chi connectivity index (χ0) is 20.9. The molecule has 0 radical (unpaired) electrons. The predicted octanol–water partition coefficient (Wildman–Crippen LogP) is 2.01. The van der Waals surface area contributed by atoms with Crippen LogP contribution in [0.25, 0.3) is 5.65 Å². The summed E-state index contributed by atoms with van der Waals surface area (Å²) in [6.45, 7) is 0.209. The van der Waals surface area contributed by atoms with Gasteiger partial charge in [0.1, 0.15) is 5.69 Å². The predicted molar refractivity (Wildman–Crippen MR) is 95.5 cm³/mol. The first-order valence-corrected chi connectivity index (χ1v) is 8.66.